The van der Waals surface area contributed by atoms with Gasteiger partial charge in [0.25, 0.3) is 0 Å². The van der Waals surface area contributed by atoms with Crippen molar-refractivity contribution in [3.63, 3.8) is 0 Å². The molecule has 1 aliphatic rings. The lowest BCUT2D eigenvalue weighted by atomic mass is 9.98. The van der Waals surface area contributed by atoms with Crippen molar-refractivity contribution in [2.45, 2.75) is 25.8 Å². The van der Waals surface area contributed by atoms with Crippen LogP contribution in [0.4, 0.5) is 4.79 Å². The predicted octanol–water partition coefficient (Wildman–Crippen LogP) is 1.20. The third-order valence-corrected chi connectivity index (χ3v) is 4.06. The summed E-state index contributed by atoms with van der Waals surface area (Å²) in [6.07, 6.45) is 1.67. The molecule has 7 heteroatoms. The third kappa shape index (κ3) is 6.00. The zero-order chi connectivity index (χ0) is 17.4. The summed E-state index contributed by atoms with van der Waals surface area (Å²) in [6, 6.07) is 8.90. The average Bonchev–Trinajstić information content (AvgIpc) is 2.59. The number of hydrogen-bond donors (Lipinski definition) is 3. The lowest BCUT2D eigenvalue weighted by Crippen LogP contribution is -2.43. The van der Waals surface area contributed by atoms with Crippen LogP contribution in [-0.2, 0) is 16.1 Å². The molecule has 0 bridgehead atoms. The Morgan fingerprint density at radius 2 is 1.96 bits per heavy atom. The molecule has 0 radical (unpaired) electrons. The van der Waals surface area contributed by atoms with Crippen molar-refractivity contribution in [3.8, 4) is 0 Å². The van der Waals surface area contributed by atoms with Gasteiger partial charge in [0.1, 0.15) is 0 Å². The number of urea groups is 1. The Labute approximate surface area is 141 Å². The van der Waals surface area contributed by atoms with E-state index in [2.05, 4.69) is 10.6 Å². The zero-order valence-corrected chi connectivity index (χ0v) is 13.5. The van der Waals surface area contributed by atoms with Crippen LogP contribution in [0.5, 0.6) is 0 Å². The summed E-state index contributed by atoms with van der Waals surface area (Å²) in [5, 5.41) is 14.0. The van der Waals surface area contributed by atoms with Crippen LogP contribution < -0.4 is 10.6 Å². The molecule has 1 aromatic rings. The first-order chi connectivity index (χ1) is 11.5. The van der Waals surface area contributed by atoms with Gasteiger partial charge < -0.3 is 15.3 Å². The van der Waals surface area contributed by atoms with Crippen LogP contribution in [0.15, 0.2) is 30.3 Å². The van der Waals surface area contributed by atoms with E-state index in [0.717, 1.165) is 18.5 Å². The molecule has 1 fully saturated rings. The van der Waals surface area contributed by atoms with Crippen LogP contribution in [0.2, 0.25) is 0 Å². The highest BCUT2D eigenvalue weighted by Gasteiger charge is 2.25. The highest BCUT2D eigenvalue weighted by atomic mass is 16.4. The normalized spacial score (nSPS) is 17.9. The van der Waals surface area contributed by atoms with E-state index in [1.165, 1.54) is 0 Å². The smallest absolute Gasteiger partial charge is 0.321 e. The van der Waals surface area contributed by atoms with Gasteiger partial charge in [0.15, 0.2) is 0 Å². The predicted molar refractivity (Wildman–Crippen MR) is 88.2 cm³/mol. The fourth-order valence-electron chi connectivity index (χ4n) is 2.73. The number of carbonyl (C=O) groups excluding carboxylic acids is 2. The Hall–Kier alpha value is -2.41. The lowest BCUT2D eigenvalue weighted by molar-refractivity contribution is -0.143. The molecule has 2 rings (SSSR count). The number of nitrogens with one attached hydrogen (secondary N) is 2. The van der Waals surface area contributed by atoms with Crippen LogP contribution in [0.1, 0.15) is 24.8 Å². The minimum Gasteiger partial charge on any atom is -0.481 e. The molecule has 24 heavy (non-hydrogen) atoms. The van der Waals surface area contributed by atoms with E-state index in [-0.39, 0.29) is 18.2 Å². The summed E-state index contributed by atoms with van der Waals surface area (Å²) in [4.78, 5) is 36.5. The maximum absolute atomic E-state index is 11.8. The molecule has 7 nitrogen and oxygen atoms in total. The standard InChI is InChI=1S/C17H23N3O4/c21-15(8-10-20-9-4-7-14(12-20)16(22)23)19-17(24)18-11-13-5-2-1-3-6-13/h1-3,5-6,14H,4,7-12H2,(H,22,23)(H2,18,19,21,24). The van der Waals surface area contributed by atoms with Gasteiger partial charge in [-0.2, -0.15) is 0 Å². The number of aliphatic carboxylic acids is 1. The Morgan fingerprint density at radius 3 is 2.67 bits per heavy atom. The number of hydrogen-bond acceptors (Lipinski definition) is 4. The molecule has 3 amide bonds. The molecule has 0 saturated carbocycles. The Morgan fingerprint density at radius 1 is 1.21 bits per heavy atom. The van der Waals surface area contributed by atoms with Crippen molar-refractivity contribution in [2.24, 2.45) is 5.92 Å². The Balaban J connectivity index is 1.65. The van der Waals surface area contributed by atoms with Crippen molar-refractivity contribution >= 4 is 17.9 Å². The SMILES string of the molecule is O=C(CCN1CCCC(C(=O)O)C1)NC(=O)NCc1ccccc1. The van der Waals surface area contributed by atoms with E-state index in [4.69, 9.17) is 5.11 Å². The van der Waals surface area contributed by atoms with Crippen LogP contribution in [0.25, 0.3) is 0 Å². The van der Waals surface area contributed by atoms with Gasteiger partial charge >= 0.3 is 12.0 Å². The molecule has 1 atom stereocenters. The molecule has 1 unspecified atom stereocenters. The number of likely N-dealkylation sites (tertiary alicyclic amines) is 1. The molecule has 0 aliphatic carbocycles. The van der Waals surface area contributed by atoms with E-state index in [1.54, 1.807) is 0 Å². The summed E-state index contributed by atoms with van der Waals surface area (Å²) < 4.78 is 0. The maximum Gasteiger partial charge on any atom is 0.321 e. The fourth-order valence-corrected chi connectivity index (χ4v) is 2.73. The summed E-state index contributed by atoms with van der Waals surface area (Å²) in [6.45, 7) is 2.06. The first-order valence-corrected chi connectivity index (χ1v) is 8.11. The maximum atomic E-state index is 11.8. The number of carboxylic acids is 1. The fraction of sp³-hybridized carbons (Fsp3) is 0.471. The average molecular weight is 333 g/mol. The highest BCUT2D eigenvalue weighted by molar-refractivity contribution is 5.94. The van der Waals surface area contributed by atoms with Gasteiger partial charge in [0.2, 0.25) is 5.91 Å². The van der Waals surface area contributed by atoms with E-state index < -0.39 is 12.0 Å². The van der Waals surface area contributed by atoms with Crippen LogP contribution in [-0.4, -0.2) is 47.5 Å². The zero-order valence-electron chi connectivity index (χ0n) is 13.5. The molecule has 1 aliphatic heterocycles. The van der Waals surface area contributed by atoms with Gasteiger partial charge in [-0.25, -0.2) is 4.79 Å². The second-order valence-corrected chi connectivity index (χ2v) is 5.94. The molecule has 1 saturated heterocycles. The van der Waals surface area contributed by atoms with Crippen LogP contribution in [0.3, 0.4) is 0 Å². The number of imide groups is 1. The molecule has 1 heterocycles. The van der Waals surface area contributed by atoms with Crippen molar-refractivity contribution in [2.75, 3.05) is 19.6 Å². The number of nitrogens with zero attached hydrogens (tertiary/aromatic N) is 1. The van der Waals surface area contributed by atoms with Gasteiger partial charge in [-0.15, -0.1) is 0 Å². The van der Waals surface area contributed by atoms with Gasteiger partial charge in [-0.3, -0.25) is 14.9 Å². The minimum atomic E-state index is -0.788. The second kappa shape index (κ2) is 9.02. The number of amides is 3. The minimum absolute atomic E-state index is 0.172. The van der Waals surface area contributed by atoms with Crippen LogP contribution >= 0.6 is 0 Å². The Kier molecular flexibility index (Phi) is 6.74. The van der Waals surface area contributed by atoms with E-state index in [9.17, 15) is 14.4 Å². The molecule has 1 aromatic carbocycles. The first kappa shape index (κ1) is 17.9. The number of rotatable bonds is 6. The van der Waals surface area contributed by atoms with Crippen molar-refractivity contribution < 1.29 is 19.5 Å². The van der Waals surface area contributed by atoms with Gasteiger partial charge in [-0.1, -0.05) is 30.3 Å². The third-order valence-electron chi connectivity index (χ3n) is 4.06. The quantitative estimate of drug-likeness (QED) is 0.726. The molecular weight excluding hydrogens is 310 g/mol. The van der Waals surface area contributed by atoms with Crippen molar-refractivity contribution in [3.05, 3.63) is 35.9 Å². The van der Waals surface area contributed by atoms with Gasteiger partial charge in [-0.05, 0) is 24.9 Å². The van der Waals surface area contributed by atoms with E-state index in [1.807, 2.05) is 35.2 Å². The van der Waals surface area contributed by atoms with Gasteiger partial charge in [0.05, 0.1) is 5.92 Å². The summed E-state index contributed by atoms with van der Waals surface area (Å²) in [5.74, 6) is -1.52. The molecule has 0 aromatic heterocycles. The summed E-state index contributed by atoms with van der Waals surface area (Å²) in [7, 11) is 0. The van der Waals surface area contributed by atoms with Crippen molar-refractivity contribution in [1.82, 2.24) is 15.5 Å². The van der Waals surface area contributed by atoms with E-state index in [0.29, 0.717) is 26.1 Å². The van der Waals surface area contributed by atoms with Gasteiger partial charge in [0, 0.05) is 26.1 Å². The second-order valence-electron chi connectivity index (χ2n) is 5.94. The monoisotopic (exact) mass is 333 g/mol. The van der Waals surface area contributed by atoms with E-state index >= 15 is 0 Å². The first-order valence-electron chi connectivity index (χ1n) is 8.11. The number of carbonyl (C=O) groups is 3. The Bertz CT molecular complexity index is 576. The summed E-state index contributed by atoms with van der Waals surface area (Å²) >= 11 is 0. The number of benzene rings is 1. The molecule has 3 N–H and O–H groups in total. The van der Waals surface area contributed by atoms with Crippen molar-refractivity contribution in [1.29, 1.82) is 0 Å². The molecule has 0 spiro atoms. The molecule has 130 valence electrons. The highest BCUT2D eigenvalue weighted by Crippen LogP contribution is 2.16. The number of piperidine rings is 1. The topological polar surface area (TPSA) is 98.7 Å². The largest absolute Gasteiger partial charge is 0.481 e. The van der Waals surface area contributed by atoms with Crippen LogP contribution in [0, 0.1) is 5.92 Å². The number of carboxylic acid groups (broad SMARTS) is 1. The summed E-state index contributed by atoms with van der Waals surface area (Å²) in [5.41, 5.74) is 0.952. The molecular formula is C17H23N3O4. The lowest BCUT2D eigenvalue weighted by Gasteiger charge is -2.30.